The summed E-state index contributed by atoms with van der Waals surface area (Å²) < 4.78 is 5.43. The van der Waals surface area contributed by atoms with E-state index in [1.165, 1.54) is 0 Å². The number of ether oxygens (including phenoxy) is 1. The molecule has 0 aliphatic carbocycles. The molecule has 0 aliphatic rings. The highest BCUT2D eigenvalue weighted by Gasteiger charge is 2.12. The Hall–Kier alpha value is -2.63. The first-order valence-corrected chi connectivity index (χ1v) is 6.17. The van der Waals surface area contributed by atoms with Crippen molar-refractivity contribution in [3.8, 4) is 5.75 Å². The Morgan fingerprint density at radius 1 is 1.20 bits per heavy atom. The maximum Gasteiger partial charge on any atom is 0.326 e. The predicted octanol–water partition coefficient (Wildman–Crippen LogP) is 0.887. The molecule has 0 unspecified atom stereocenters. The molecule has 6 nitrogen and oxygen atoms in total. The second-order valence-corrected chi connectivity index (χ2v) is 4.14. The maximum atomic E-state index is 12.1. The molecule has 2 rings (SSSR count). The Balaban J connectivity index is 2.28. The molecule has 0 aliphatic heterocycles. The van der Waals surface area contributed by atoms with Gasteiger partial charge in [-0.1, -0.05) is 18.2 Å². The predicted molar refractivity (Wildman–Crippen MR) is 73.3 cm³/mol. The molecule has 0 atom stereocenters. The minimum Gasteiger partial charge on any atom is -0.494 e. The molecular formula is C14H14N2O4. The Labute approximate surface area is 114 Å². The van der Waals surface area contributed by atoms with Crippen LogP contribution in [-0.4, -0.2) is 22.4 Å². The number of aromatic amines is 2. The van der Waals surface area contributed by atoms with Crippen molar-refractivity contribution in [3.63, 3.8) is 0 Å². The summed E-state index contributed by atoms with van der Waals surface area (Å²) in [5, 5.41) is 0. The van der Waals surface area contributed by atoms with Gasteiger partial charge in [-0.15, -0.1) is 0 Å². The highest BCUT2D eigenvalue weighted by Crippen LogP contribution is 2.19. The van der Waals surface area contributed by atoms with E-state index in [1.54, 1.807) is 18.2 Å². The Morgan fingerprint density at radius 2 is 1.95 bits per heavy atom. The van der Waals surface area contributed by atoms with Crippen LogP contribution in [0.4, 0.5) is 0 Å². The summed E-state index contributed by atoms with van der Waals surface area (Å²) in [6, 6.07) is 8.23. The van der Waals surface area contributed by atoms with Gasteiger partial charge in [0.05, 0.1) is 12.3 Å². The van der Waals surface area contributed by atoms with Crippen molar-refractivity contribution in [2.45, 2.75) is 13.3 Å². The van der Waals surface area contributed by atoms with Crippen LogP contribution in [-0.2, 0) is 6.42 Å². The van der Waals surface area contributed by atoms with Gasteiger partial charge in [-0.25, -0.2) is 4.79 Å². The van der Waals surface area contributed by atoms with Crippen LogP contribution in [0, 0.1) is 0 Å². The SMILES string of the molecule is CCOc1ccccc1CC(=O)c1cc(=O)[nH]c(=O)[nH]1. The number of Topliss-reactive ketones (excluding diaryl/α,β-unsaturated/α-hetero) is 1. The van der Waals surface area contributed by atoms with Crippen molar-refractivity contribution in [3.05, 3.63) is 62.4 Å². The van der Waals surface area contributed by atoms with Gasteiger partial charge in [0.1, 0.15) is 5.75 Å². The first-order valence-electron chi connectivity index (χ1n) is 6.17. The number of H-pyrrole nitrogens is 2. The molecule has 1 aromatic heterocycles. The van der Waals surface area contributed by atoms with Crippen LogP contribution < -0.4 is 16.0 Å². The second kappa shape index (κ2) is 6.01. The lowest BCUT2D eigenvalue weighted by Crippen LogP contribution is -2.25. The molecule has 1 heterocycles. The van der Waals surface area contributed by atoms with Gasteiger partial charge >= 0.3 is 5.69 Å². The van der Waals surface area contributed by atoms with Crippen molar-refractivity contribution >= 4 is 5.78 Å². The molecule has 0 saturated heterocycles. The number of para-hydroxylation sites is 1. The van der Waals surface area contributed by atoms with Crippen molar-refractivity contribution in [1.29, 1.82) is 0 Å². The average Bonchev–Trinajstić information content (AvgIpc) is 2.40. The molecule has 1 aromatic carbocycles. The number of nitrogens with one attached hydrogen (secondary N) is 2. The molecule has 0 saturated carbocycles. The number of hydrogen-bond donors (Lipinski definition) is 2. The molecule has 20 heavy (non-hydrogen) atoms. The average molecular weight is 274 g/mol. The number of carbonyl (C=O) groups is 1. The molecule has 6 heteroatoms. The molecule has 0 radical (unpaired) electrons. The smallest absolute Gasteiger partial charge is 0.326 e. The fourth-order valence-electron chi connectivity index (χ4n) is 1.83. The van der Waals surface area contributed by atoms with E-state index in [1.807, 2.05) is 18.0 Å². The van der Waals surface area contributed by atoms with Gasteiger partial charge in [-0.3, -0.25) is 14.6 Å². The first kappa shape index (κ1) is 13.8. The second-order valence-electron chi connectivity index (χ2n) is 4.14. The van der Waals surface area contributed by atoms with Crippen LogP contribution in [0.2, 0.25) is 0 Å². The molecule has 2 N–H and O–H groups in total. The van der Waals surface area contributed by atoms with Gasteiger partial charge in [-0.05, 0) is 13.0 Å². The summed E-state index contributed by atoms with van der Waals surface area (Å²) >= 11 is 0. The lowest BCUT2D eigenvalue weighted by atomic mass is 10.1. The number of aromatic nitrogens is 2. The van der Waals surface area contributed by atoms with E-state index in [4.69, 9.17) is 4.74 Å². The topological polar surface area (TPSA) is 92.0 Å². The summed E-state index contributed by atoms with van der Waals surface area (Å²) in [4.78, 5) is 38.8. The monoisotopic (exact) mass is 274 g/mol. The van der Waals surface area contributed by atoms with Crippen molar-refractivity contribution in [2.24, 2.45) is 0 Å². The van der Waals surface area contributed by atoms with E-state index in [0.717, 1.165) is 6.07 Å². The van der Waals surface area contributed by atoms with Crippen LogP contribution in [0.25, 0.3) is 0 Å². The molecule has 2 aromatic rings. The van der Waals surface area contributed by atoms with E-state index in [2.05, 4.69) is 4.98 Å². The highest BCUT2D eigenvalue weighted by atomic mass is 16.5. The minimum atomic E-state index is -0.695. The normalized spacial score (nSPS) is 10.2. The quantitative estimate of drug-likeness (QED) is 0.792. The minimum absolute atomic E-state index is 0.00921. The summed E-state index contributed by atoms with van der Waals surface area (Å²) in [6.07, 6.45) is 0.0512. The van der Waals surface area contributed by atoms with Gasteiger partial charge in [-0.2, -0.15) is 0 Å². The zero-order valence-corrected chi connectivity index (χ0v) is 10.9. The zero-order valence-electron chi connectivity index (χ0n) is 10.9. The van der Waals surface area contributed by atoms with Gasteiger partial charge in [0, 0.05) is 18.1 Å². The van der Waals surface area contributed by atoms with E-state index in [0.29, 0.717) is 17.9 Å². The molecule has 0 bridgehead atoms. The van der Waals surface area contributed by atoms with Crippen molar-refractivity contribution in [2.75, 3.05) is 6.61 Å². The fourth-order valence-corrected chi connectivity index (χ4v) is 1.83. The largest absolute Gasteiger partial charge is 0.494 e. The van der Waals surface area contributed by atoms with Crippen LogP contribution >= 0.6 is 0 Å². The van der Waals surface area contributed by atoms with Gasteiger partial charge < -0.3 is 9.72 Å². The molecular weight excluding hydrogens is 260 g/mol. The lowest BCUT2D eigenvalue weighted by Gasteiger charge is -2.09. The lowest BCUT2D eigenvalue weighted by molar-refractivity contribution is 0.0986. The molecule has 0 fully saturated rings. The Bertz CT molecular complexity index is 702. The summed E-state index contributed by atoms with van der Waals surface area (Å²) in [7, 11) is 0. The number of rotatable bonds is 5. The zero-order chi connectivity index (χ0) is 14.5. The number of hydrogen-bond acceptors (Lipinski definition) is 4. The van der Waals surface area contributed by atoms with E-state index >= 15 is 0 Å². The highest BCUT2D eigenvalue weighted by molar-refractivity contribution is 5.95. The van der Waals surface area contributed by atoms with Gasteiger partial charge in [0.15, 0.2) is 5.78 Å². The summed E-state index contributed by atoms with van der Waals surface area (Å²) in [6.45, 7) is 2.35. The van der Waals surface area contributed by atoms with Crippen molar-refractivity contribution in [1.82, 2.24) is 9.97 Å². The van der Waals surface area contributed by atoms with Crippen LogP contribution in [0.5, 0.6) is 5.75 Å². The van der Waals surface area contributed by atoms with E-state index in [9.17, 15) is 14.4 Å². The fraction of sp³-hybridized carbons (Fsp3) is 0.214. The van der Waals surface area contributed by atoms with Gasteiger partial charge in [0.2, 0.25) is 0 Å². The Kier molecular flexibility index (Phi) is 4.14. The van der Waals surface area contributed by atoms with Crippen LogP contribution in [0.15, 0.2) is 39.9 Å². The number of ketones is 1. The van der Waals surface area contributed by atoms with E-state index < -0.39 is 11.2 Å². The molecule has 104 valence electrons. The van der Waals surface area contributed by atoms with Crippen LogP contribution in [0.3, 0.4) is 0 Å². The third-order valence-electron chi connectivity index (χ3n) is 2.68. The standard InChI is InChI=1S/C14H14N2O4/c1-2-20-12-6-4-3-5-9(12)7-11(17)10-8-13(18)16-14(19)15-10/h3-6,8H,2,7H2,1H3,(H2,15,16,18,19). The van der Waals surface area contributed by atoms with Crippen LogP contribution in [0.1, 0.15) is 23.0 Å². The number of benzene rings is 1. The third-order valence-corrected chi connectivity index (χ3v) is 2.68. The molecule has 0 spiro atoms. The van der Waals surface area contributed by atoms with Gasteiger partial charge in [0.25, 0.3) is 5.56 Å². The third kappa shape index (κ3) is 3.23. The first-order chi connectivity index (χ1) is 9.60. The summed E-state index contributed by atoms with van der Waals surface area (Å²) in [5.41, 5.74) is -0.598. The maximum absolute atomic E-state index is 12.1. The van der Waals surface area contributed by atoms with Crippen molar-refractivity contribution < 1.29 is 9.53 Å². The summed E-state index contributed by atoms with van der Waals surface area (Å²) in [5.74, 6) is 0.274. The molecule has 0 amide bonds. The van der Waals surface area contributed by atoms with E-state index in [-0.39, 0.29) is 17.9 Å². The number of carbonyl (C=O) groups excluding carboxylic acids is 1. The Morgan fingerprint density at radius 3 is 2.65 bits per heavy atom.